The third-order valence-corrected chi connectivity index (χ3v) is 3.45. The van der Waals surface area contributed by atoms with Crippen molar-refractivity contribution in [2.75, 3.05) is 24.6 Å². The number of benzene rings is 1. The van der Waals surface area contributed by atoms with Crippen molar-refractivity contribution in [3.63, 3.8) is 0 Å². The molecule has 0 bridgehead atoms. The number of amidine groups is 1. The molecule has 1 fully saturated rings. The molecule has 2 atom stereocenters. The fraction of sp³-hybridized carbons (Fsp3) is 0.462. The summed E-state index contributed by atoms with van der Waals surface area (Å²) in [5, 5.41) is 17.4. The van der Waals surface area contributed by atoms with Crippen molar-refractivity contribution < 1.29 is 9.84 Å². The molecule has 1 saturated heterocycles. The van der Waals surface area contributed by atoms with Gasteiger partial charge in [-0.2, -0.15) is 0 Å². The zero-order valence-electron chi connectivity index (χ0n) is 10.8. The highest BCUT2D eigenvalue weighted by Gasteiger charge is 2.27. The molecule has 1 aliphatic heterocycles. The summed E-state index contributed by atoms with van der Waals surface area (Å²) >= 11 is 6.12. The number of anilines is 1. The number of nitrogens with two attached hydrogens (primary N) is 1. The molecule has 104 valence electrons. The van der Waals surface area contributed by atoms with Crippen molar-refractivity contribution in [1.29, 1.82) is 5.41 Å². The lowest BCUT2D eigenvalue weighted by molar-refractivity contribution is -0.0421. The van der Waals surface area contributed by atoms with E-state index in [4.69, 9.17) is 27.5 Å². The van der Waals surface area contributed by atoms with Crippen LogP contribution in [-0.2, 0) is 4.74 Å². The van der Waals surface area contributed by atoms with E-state index in [0.717, 1.165) is 5.69 Å². The van der Waals surface area contributed by atoms with Gasteiger partial charge in [-0.05, 0) is 19.1 Å². The maximum absolute atomic E-state index is 9.26. The van der Waals surface area contributed by atoms with E-state index in [1.54, 1.807) is 6.07 Å². The molecule has 1 aliphatic rings. The van der Waals surface area contributed by atoms with E-state index in [1.807, 2.05) is 19.1 Å². The van der Waals surface area contributed by atoms with E-state index < -0.39 is 0 Å². The van der Waals surface area contributed by atoms with Crippen LogP contribution in [0.2, 0.25) is 5.02 Å². The number of morpholine rings is 1. The Kier molecular flexibility index (Phi) is 4.29. The monoisotopic (exact) mass is 283 g/mol. The van der Waals surface area contributed by atoms with E-state index in [0.29, 0.717) is 23.7 Å². The highest BCUT2D eigenvalue weighted by atomic mass is 35.5. The summed E-state index contributed by atoms with van der Waals surface area (Å²) < 4.78 is 5.61. The quantitative estimate of drug-likeness (QED) is 0.575. The highest BCUT2D eigenvalue weighted by Crippen LogP contribution is 2.29. The van der Waals surface area contributed by atoms with Crippen LogP contribution in [0.1, 0.15) is 12.5 Å². The van der Waals surface area contributed by atoms with Gasteiger partial charge in [-0.15, -0.1) is 0 Å². The van der Waals surface area contributed by atoms with Gasteiger partial charge in [0.25, 0.3) is 0 Å². The highest BCUT2D eigenvalue weighted by molar-refractivity contribution is 6.34. The Morgan fingerprint density at radius 1 is 1.58 bits per heavy atom. The second kappa shape index (κ2) is 5.77. The Morgan fingerprint density at radius 3 is 2.95 bits per heavy atom. The van der Waals surface area contributed by atoms with Gasteiger partial charge < -0.3 is 20.5 Å². The number of rotatable bonds is 3. The van der Waals surface area contributed by atoms with Gasteiger partial charge in [0, 0.05) is 18.8 Å². The van der Waals surface area contributed by atoms with Gasteiger partial charge in [0.2, 0.25) is 0 Å². The van der Waals surface area contributed by atoms with Crippen LogP contribution in [0.15, 0.2) is 18.2 Å². The minimum Gasteiger partial charge on any atom is -0.394 e. The van der Waals surface area contributed by atoms with E-state index >= 15 is 0 Å². The molecule has 1 aromatic carbocycles. The molecule has 2 rings (SSSR count). The van der Waals surface area contributed by atoms with Gasteiger partial charge in [-0.3, -0.25) is 5.41 Å². The predicted molar refractivity (Wildman–Crippen MR) is 76.1 cm³/mol. The number of nitrogens with zero attached hydrogens (tertiary/aromatic N) is 1. The molecule has 1 heterocycles. The molecule has 19 heavy (non-hydrogen) atoms. The summed E-state index contributed by atoms with van der Waals surface area (Å²) in [7, 11) is 0. The van der Waals surface area contributed by atoms with Gasteiger partial charge in [0.15, 0.2) is 0 Å². The van der Waals surface area contributed by atoms with Crippen LogP contribution in [0.3, 0.4) is 0 Å². The maximum Gasteiger partial charge on any atom is 0.126 e. The Bertz CT molecular complexity index is 481. The minimum absolute atomic E-state index is 0.00434. The molecule has 2 unspecified atom stereocenters. The number of aliphatic hydroxyl groups is 1. The molecule has 0 saturated carbocycles. The maximum atomic E-state index is 9.26. The van der Waals surface area contributed by atoms with Crippen molar-refractivity contribution in [2.45, 2.75) is 19.1 Å². The van der Waals surface area contributed by atoms with Crippen LogP contribution in [0, 0.1) is 5.41 Å². The van der Waals surface area contributed by atoms with E-state index in [-0.39, 0.29) is 24.7 Å². The molecular weight excluding hydrogens is 266 g/mol. The molecular formula is C13H18ClN3O2. The van der Waals surface area contributed by atoms with Crippen molar-refractivity contribution in [3.8, 4) is 0 Å². The van der Waals surface area contributed by atoms with Crippen LogP contribution >= 0.6 is 11.6 Å². The lowest BCUT2D eigenvalue weighted by atomic mass is 10.1. The molecule has 4 N–H and O–H groups in total. The molecule has 0 aliphatic carbocycles. The average molecular weight is 284 g/mol. The standard InChI is InChI=1S/C13H18ClN3O2/c1-8-5-17(6-9(7-18)19-8)11-4-2-3-10(14)12(11)13(15)16/h2-4,8-9,18H,5-7H2,1H3,(H3,15,16). The number of hydrogen-bond acceptors (Lipinski definition) is 4. The topological polar surface area (TPSA) is 82.6 Å². The third-order valence-electron chi connectivity index (χ3n) is 3.13. The smallest absolute Gasteiger partial charge is 0.126 e. The lowest BCUT2D eigenvalue weighted by Gasteiger charge is -2.38. The molecule has 0 amide bonds. The van der Waals surface area contributed by atoms with Crippen LogP contribution in [-0.4, -0.2) is 42.8 Å². The van der Waals surface area contributed by atoms with Crippen molar-refractivity contribution in [1.82, 2.24) is 0 Å². The van der Waals surface area contributed by atoms with E-state index in [2.05, 4.69) is 4.90 Å². The SMILES string of the molecule is CC1CN(c2cccc(Cl)c2C(=N)N)CC(CO)O1. The molecule has 0 aromatic heterocycles. The lowest BCUT2D eigenvalue weighted by Crippen LogP contribution is -2.48. The van der Waals surface area contributed by atoms with Gasteiger partial charge >= 0.3 is 0 Å². The van der Waals surface area contributed by atoms with E-state index in [9.17, 15) is 5.11 Å². The summed E-state index contributed by atoms with van der Waals surface area (Å²) in [6.45, 7) is 3.15. The predicted octanol–water partition coefficient (Wildman–Crippen LogP) is 1.21. The van der Waals surface area contributed by atoms with Gasteiger partial charge in [0.05, 0.1) is 29.4 Å². The summed E-state index contributed by atoms with van der Waals surface area (Å²) in [6, 6.07) is 5.43. The minimum atomic E-state index is -0.234. The summed E-state index contributed by atoms with van der Waals surface area (Å²) in [4.78, 5) is 2.05. The zero-order valence-corrected chi connectivity index (χ0v) is 11.5. The first-order chi connectivity index (χ1) is 9.02. The van der Waals surface area contributed by atoms with Crippen LogP contribution < -0.4 is 10.6 Å². The largest absolute Gasteiger partial charge is 0.394 e. The third kappa shape index (κ3) is 3.00. The Hall–Kier alpha value is -1.30. The molecule has 0 radical (unpaired) electrons. The first kappa shape index (κ1) is 14.1. The van der Waals surface area contributed by atoms with Gasteiger partial charge in [0.1, 0.15) is 5.84 Å². The summed E-state index contributed by atoms with van der Waals surface area (Å²) in [5.74, 6) is -0.0553. The Morgan fingerprint density at radius 2 is 2.32 bits per heavy atom. The molecule has 6 heteroatoms. The Balaban J connectivity index is 2.35. The number of ether oxygens (including phenoxy) is 1. The van der Waals surface area contributed by atoms with Gasteiger partial charge in [-0.1, -0.05) is 17.7 Å². The summed E-state index contributed by atoms with van der Waals surface area (Å²) in [6.07, 6.45) is -0.229. The van der Waals surface area contributed by atoms with Crippen LogP contribution in [0.4, 0.5) is 5.69 Å². The van der Waals surface area contributed by atoms with Crippen molar-refractivity contribution in [2.24, 2.45) is 5.73 Å². The Labute approximate surface area is 117 Å². The summed E-state index contributed by atoms with van der Waals surface area (Å²) in [5.41, 5.74) is 6.97. The second-order valence-electron chi connectivity index (χ2n) is 4.70. The van der Waals surface area contributed by atoms with Crippen molar-refractivity contribution in [3.05, 3.63) is 28.8 Å². The van der Waals surface area contributed by atoms with Crippen LogP contribution in [0.25, 0.3) is 0 Å². The van der Waals surface area contributed by atoms with Crippen LogP contribution in [0.5, 0.6) is 0 Å². The number of hydrogen-bond donors (Lipinski definition) is 3. The van der Waals surface area contributed by atoms with Gasteiger partial charge in [-0.25, -0.2) is 0 Å². The number of nitrogens with one attached hydrogen (secondary N) is 1. The van der Waals surface area contributed by atoms with Crippen molar-refractivity contribution >= 4 is 23.1 Å². The van der Waals surface area contributed by atoms with E-state index in [1.165, 1.54) is 0 Å². The first-order valence-electron chi connectivity index (χ1n) is 6.17. The molecule has 1 aromatic rings. The number of aliphatic hydroxyl groups excluding tert-OH is 1. The molecule has 0 spiro atoms. The fourth-order valence-corrected chi connectivity index (χ4v) is 2.66. The average Bonchev–Trinajstić information content (AvgIpc) is 2.37. The number of halogens is 1. The fourth-order valence-electron chi connectivity index (χ4n) is 2.39. The second-order valence-corrected chi connectivity index (χ2v) is 5.11. The normalized spacial score (nSPS) is 23.4. The first-order valence-corrected chi connectivity index (χ1v) is 6.55. The zero-order chi connectivity index (χ0) is 14.0. The molecule has 5 nitrogen and oxygen atoms in total. The number of nitrogen functional groups attached to an aromatic ring is 1.